The number of amides is 3. The SMILES string of the molecule is CC[C@H](O)[C@@H](C)[C@@H]1O[C@H]1C[C@@](C)(O)/C=C/C=C(\C)[C@H]1OC(=O)C[C@H](O)CC[C@@](C)(OC)[C@H](OC(=O)N2CCN(CCN3C(=O)C=CC3=O)CC2)/C=C/[C@@H]1C. The van der Waals surface area contributed by atoms with Crippen LogP contribution < -0.4 is 0 Å². The highest BCUT2D eigenvalue weighted by Gasteiger charge is 2.47. The summed E-state index contributed by atoms with van der Waals surface area (Å²) in [5, 5.41) is 32.1. The maximum Gasteiger partial charge on any atom is 0.410 e. The van der Waals surface area contributed by atoms with Gasteiger partial charge in [-0.3, -0.25) is 24.2 Å². The first-order valence-electron chi connectivity index (χ1n) is 19.2. The van der Waals surface area contributed by atoms with Crippen molar-refractivity contribution in [1.29, 1.82) is 0 Å². The molecule has 0 aromatic rings. The van der Waals surface area contributed by atoms with Gasteiger partial charge in [-0.1, -0.05) is 45.1 Å². The van der Waals surface area contributed by atoms with Crippen LogP contribution in [0.2, 0.25) is 0 Å². The van der Waals surface area contributed by atoms with Crippen molar-refractivity contribution in [2.24, 2.45) is 11.8 Å². The molecule has 0 radical (unpaired) electrons. The lowest BCUT2D eigenvalue weighted by Crippen LogP contribution is -2.52. The first kappa shape index (κ1) is 43.3. The Kier molecular flexibility index (Phi) is 15.2. The third kappa shape index (κ3) is 11.8. The van der Waals surface area contributed by atoms with Crippen molar-refractivity contribution in [3.05, 3.63) is 48.1 Å². The number of rotatable bonds is 13. The quantitative estimate of drug-likeness (QED) is 0.0824. The highest BCUT2D eigenvalue weighted by atomic mass is 16.6. The molecule has 14 heteroatoms. The standard InChI is InChI=1S/C40H61N3O11/c1-8-30(45)28(4)37-31(52-37)25-39(5,50)16-9-10-26(2)36-27(3)11-12-32(40(6,51-7)17-15-29(44)24-35(48)54-36)53-38(49)42-21-18-41(19-22-42)20-23-43-33(46)13-14-34(43)47/h9-14,16,27-32,36-37,44-45,50H,8,15,17-25H2,1-7H3/b12-11+,16-9+,26-10+/t27-,28+,29+,30-,31-,32+,36+,37-,39-,40+/m0/s1. The number of hydrogen-bond acceptors (Lipinski definition) is 12. The van der Waals surface area contributed by atoms with E-state index in [2.05, 4.69) is 4.90 Å². The molecule has 4 heterocycles. The summed E-state index contributed by atoms with van der Waals surface area (Å²) in [5.74, 6) is -1.59. The molecule has 0 saturated carbocycles. The summed E-state index contributed by atoms with van der Waals surface area (Å²) in [6, 6.07) is 0. The number of allylic oxidation sites excluding steroid dienone is 2. The van der Waals surface area contributed by atoms with Crippen LogP contribution in [0.25, 0.3) is 0 Å². The smallest absolute Gasteiger partial charge is 0.410 e. The van der Waals surface area contributed by atoms with Gasteiger partial charge in [-0.15, -0.1) is 0 Å². The fourth-order valence-electron chi connectivity index (χ4n) is 7.24. The number of ether oxygens (including phenoxy) is 4. The fraction of sp³-hybridized carbons (Fsp3) is 0.700. The van der Waals surface area contributed by atoms with E-state index in [9.17, 15) is 34.5 Å². The van der Waals surface area contributed by atoms with Crippen molar-refractivity contribution in [3.63, 3.8) is 0 Å². The van der Waals surface area contributed by atoms with Gasteiger partial charge in [0.1, 0.15) is 11.7 Å². The third-order valence-electron chi connectivity index (χ3n) is 11.2. The highest BCUT2D eigenvalue weighted by molar-refractivity contribution is 6.12. The Labute approximate surface area is 319 Å². The lowest BCUT2D eigenvalue weighted by Gasteiger charge is -2.39. The first-order chi connectivity index (χ1) is 25.5. The number of imide groups is 1. The van der Waals surface area contributed by atoms with E-state index in [0.29, 0.717) is 57.6 Å². The normalized spacial score (nSPS) is 33.1. The molecule has 0 spiro atoms. The van der Waals surface area contributed by atoms with Crippen LogP contribution in [0.3, 0.4) is 0 Å². The average molecular weight is 760 g/mol. The van der Waals surface area contributed by atoms with E-state index in [1.807, 2.05) is 40.7 Å². The monoisotopic (exact) mass is 759 g/mol. The van der Waals surface area contributed by atoms with Gasteiger partial charge in [0.05, 0.1) is 36.4 Å². The zero-order valence-electron chi connectivity index (χ0n) is 32.9. The van der Waals surface area contributed by atoms with Gasteiger partial charge in [-0.25, -0.2) is 4.79 Å². The summed E-state index contributed by atoms with van der Waals surface area (Å²) in [7, 11) is 1.52. The van der Waals surface area contributed by atoms with E-state index in [4.69, 9.17) is 18.9 Å². The molecule has 2 saturated heterocycles. The molecule has 0 aromatic carbocycles. The molecule has 4 aliphatic rings. The molecule has 302 valence electrons. The first-order valence-corrected chi connectivity index (χ1v) is 19.2. The van der Waals surface area contributed by atoms with Gasteiger partial charge in [0.2, 0.25) is 0 Å². The molecule has 3 N–H and O–H groups in total. The van der Waals surface area contributed by atoms with Crippen LogP contribution in [0.5, 0.6) is 0 Å². The van der Waals surface area contributed by atoms with E-state index >= 15 is 0 Å². The van der Waals surface area contributed by atoms with Crippen LogP contribution in [0.4, 0.5) is 4.79 Å². The average Bonchev–Trinajstić information content (AvgIpc) is 3.82. The van der Waals surface area contributed by atoms with Gasteiger partial charge in [-0.2, -0.15) is 0 Å². The van der Waals surface area contributed by atoms with E-state index in [0.717, 1.165) is 0 Å². The summed E-state index contributed by atoms with van der Waals surface area (Å²) in [6.45, 7) is 13.8. The Morgan fingerprint density at radius 3 is 2.43 bits per heavy atom. The van der Waals surface area contributed by atoms with E-state index in [1.165, 1.54) is 24.2 Å². The topological polar surface area (TPSA) is 179 Å². The van der Waals surface area contributed by atoms with Crippen LogP contribution in [-0.2, 0) is 33.3 Å². The number of methoxy groups -OCH3 is 1. The zero-order chi connectivity index (χ0) is 39.8. The van der Waals surface area contributed by atoms with Gasteiger partial charge in [0, 0.05) is 76.8 Å². The second kappa shape index (κ2) is 19.0. The van der Waals surface area contributed by atoms with Crippen LogP contribution in [0.1, 0.15) is 73.6 Å². The zero-order valence-corrected chi connectivity index (χ0v) is 32.9. The van der Waals surface area contributed by atoms with E-state index in [-0.39, 0.29) is 55.2 Å². The number of nitrogens with zero attached hydrogens (tertiary/aromatic N) is 3. The second-order valence-corrected chi connectivity index (χ2v) is 15.7. The second-order valence-electron chi connectivity index (χ2n) is 15.7. The van der Waals surface area contributed by atoms with Gasteiger partial charge in [0.25, 0.3) is 11.8 Å². The van der Waals surface area contributed by atoms with Crippen molar-refractivity contribution in [2.45, 2.75) is 121 Å². The summed E-state index contributed by atoms with van der Waals surface area (Å²) in [5.41, 5.74) is -1.49. The van der Waals surface area contributed by atoms with Crippen molar-refractivity contribution in [3.8, 4) is 0 Å². The molecular weight excluding hydrogens is 698 g/mol. The Balaban J connectivity index is 1.42. The molecule has 0 unspecified atom stereocenters. The lowest BCUT2D eigenvalue weighted by molar-refractivity contribution is -0.151. The molecule has 2 fully saturated rings. The molecule has 54 heavy (non-hydrogen) atoms. The number of epoxide rings is 1. The van der Waals surface area contributed by atoms with Crippen molar-refractivity contribution in [1.82, 2.24) is 14.7 Å². The van der Waals surface area contributed by atoms with Crippen LogP contribution >= 0.6 is 0 Å². The van der Waals surface area contributed by atoms with Crippen LogP contribution in [0.15, 0.2) is 48.1 Å². The van der Waals surface area contributed by atoms with Gasteiger partial charge in [0.15, 0.2) is 6.10 Å². The Bertz CT molecular complexity index is 1430. The summed E-state index contributed by atoms with van der Waals surface area (Å²) < 4.78 is 23.7. The number of aliphatic hydroxyl groups is 3. The minimum atomic E-state index is -1.17. The molecule has 3 amide bonds. The number of cyclic esters (lactones) is 1. The van der Waals surface area contributed by atoms with Crippen molar-refractivity contribution < 1.29 is 53.4 Å². The van der Waals surface area contributed by atoms with Gasteiger partial charge in [-0.05, 0) is 51.7 Å². The third-order valence-corrected chi connectivity index (χ3v) is 11.2. The Morgan fingerprint density at radius 1 is 1.13 bits per heavy atom. The molecule has 4 aliphatic heterocycles. The number of esters is 1. The maximum atomic E-state index is 13.5. The summed E-state index contributed by atoms with van der Waals surface area (Å²) in [6.07, 6.45) is 8.79. The summed E-state index contributed by atoms with van der Waals surface area (Å²) in [4.78, 5) is 55.2. The Morgan fingerprint density at radius 2 is 1.80 bits per heavy atom. The molecule has 14 nitrogen and oxygen atoms in total. The van der Waals surface area contributed by atoms with Crippen LogP contribution in [0, 0.1) is 11.8 Å². The predicted octanol–water partition coefficient (Wildman–Crippen LogP) is 2.91. The van der Waals surface area contributed by atoms with Crippen LogP contribution in [-0.4, -0.2) is 148 Å². The van der Waals surface area contributed by atoms with Gasteiger partial charge >= 0.3 is 12.1 Å². The minimum absolute atomic E-state index is 0.0243. The number of aliphatic hydroxyl groups excluding tert-OH is 2. The van der Waals surface area contributed by atoms with Crippen molar-refractivity contribution >= 4 is 23.9 Å². The number of piperazine rings is 1. The van der Waals surface area contributed by atoms with Crippen molar-refractivity contribution in [2.75, 3.05) is 46.4 Å². The molecular formula is C40H61N3O11. The maximum absolute atomic E-state index is 13.5. The van der Waals surface area contributed by atoms with E-state index in [1.54, 1.807) is 36.1 Å². The minimum Gasteiger partial charge on any atom is -0.457 e. The van der Waals surface area contributed by atoms with Gasteiger partial charge < -0.3 is 39.2 Å². The number of carbonyl (C=O) groups is 4. The number of hydrogen-bond donors (Lipinski definition) is 3. The highest BCUT2D eigenvalue weighted by Crippen LogP contribution is 2.37. The summed E-state index contributed by atoms with van der Waals surface area (Å²) >= 11 is 0. The molecule has 10 atom stereocenters. The molecule has 0 bridgehead atoms. The number of carbonyl (C=O) groups excluding carboxylic acids is 4. The lowest BCUT2D eigenvalue weighted by atomic mass is 9.88. The fourth-order valence-corrected chi connectivity index (χ4v) is 7.24. The van der Waals surface area contributed by atoms with E-state index < -0.39 is 47.7 Å². The molecule has 4 rings (SSSR count). The predicted molar refractivity (Wildman–Crippen MR) is 200 cm³/mol. The molecule has 0 aromatic heterocycles. The molecule has 0 aliphatic carbocycles. The largest absolute Gasteiger partial charge is 0.457 e. The Hall–Kier alpha value is -3.40.